The molecule has 1 amide bonds. The zero-order chi connectivity index (χ0) is 17.2. The Morgan fingerprint density at radius 3 is 3.04 bits per heavy atom. The summed E-state index contributed by atoms with van der Waals surface area (Å²) in [7, 11) is 0. The Hall–Kier alpha value is -2.40. The van der Waals surface area contributed by atoms with Crippen molar-refractivity contribution in [3.63, 3.8) is 0 Å². The first-order chi connectivity index (χ1) is 12.3. The molecule has 3 aromatic rings. The molecule has 0 bridgehead atoms. The molecule has 0 saturated heterocycles. The average Bonchev–Trinajstić information content (AvgIpc) is 3.31. The lowest BCUT2D eigenvalue weighted by Crippen LogP contribution is -2.32. The van der Waals surface area contributed by atoms with Gasteiger partial charge >= 0.3 is 0 Å². The van der Waals surface area contributed by atoms with E-state index in [1.807, 2.05) is 30.5 Å². The predicted molar refractivity (Wildman–Crippen MR) is 101 cm³/mol. The van der Waals surface area contributed by atoms with Crippen LogP contribution in [0.2, 0.25) is 0 Å². The van der Waals surface area contributed by atoms with Crippen molar-refractivity contribution in [3.8, 4) is 11.3 Å². The summed E-state index contributed by atoms with van der Waals surface area (Å²) in [5.41, 5.74) is 5.16. The summed E-state index contributed by atoms with van der Waals surface area (Å²) in [6.07, 6.45) is 3.19. The molecule has 4 rings (SSSR count). The van der Waals surface area contributed by atoms with Crippen molar-refractivity contribution in [2.24, 2.45) is 0 Å². The number of benzene rings is 1. The Labute approximate surface area is 151 Å². The first-order valence-electron chi connectivity index (χ1n) is 8.75. The van der Waals surface area contributed by atoms with Crippen LogP contribution in [-0.2, 0) is 13.0 Å². The van der Waals surface area contributed by atoms with Gasteiger partial charge in [-0.3, -0.25) is 9.48 Å². The highest BCUT2D eigenvalue weighted by molar-refractivity contribution is 7.08. The number of aromatic nitrogens is 2. The molecular weight excluding hydrogens is 330 g/mol. The largest absolute Gasteiger partial charge is 0.344 e. The van der Waals surface area contributed by atoms with Gasteiger partial charge in [-0.1, -0.05) is 24.3 Å². The molecule has 0 fully saturated rings. The number of carbonyl (C=O) groups is 1. The van der Waals surface area contributed by atoms with Crippen molar-refractivity contribution in [2.45, 2.75) is 38.8 Å². The van der Waals surface area contributed by atoms with Gasteiger partial charge in [-0.05, 0) is 54.8 Å². The number of rotatable bonds is 4. The third-order valence-corrected chi connectivity index (χ3v) is 5.49. The zero-order valence-electron chi connectivity index (χ0n) is 14.2. The highest BCUT2D eigenvalue weighted by Crippen LogP contribution is 2.30. The number of nitrogens with one attached hydrogen (secondary N) is 1. The van der Waals surface area contributed by atoms with Crippen LogP contribution in [0.3, 0.4) is 0 Å². The molecule has 5 heteroatoms. The molecule has 2 heterocycles. The summed E-state index contributed by atoms with van der Waals surface area (Å²) in [6, 6.07) is 12.4. The quantitative estimate of drug-likeness (QED) is 0.755. The van der Waals surface area contributed by atoms with Gasteiger partial charge in [0.25, 0.3) is 5.91 Å². The van der Waals surface area contributed by atoms with E-state index in [-0.39, 0.29) is 11.9 Å². The van der Waals surface area contributed by atoms with Gasteiger partial charge in [0.2, 0.25) is 0 Å². The van der Waals surface area contributed by atoms with Gasteiger partial charge in [0.15, 0.2) is 0 Å². The second-order valence-corrected chi connectivity index (χ2v) is 7.14. The van der Waals surface area contributed by atoms with Crippen molar-refractivity contribution in [3.05, 3.63) is 64.0 Å². The number of hydrogen-bond donors (Lipinski definition) is 1. The number of fused-ring (bicyclic) bond motifs is 1. The van der Waals surface area contributed by atoms with Crippen LogP contribution in [0, 0.1) is 0 Å². The number of nitrogens with zero attached hydrogens (tertiary/aromatic N) is 2. The summed E-state index contributed by atoms with van der Waals surface area (Å²) >= 11 is 1.64. The molecule has 0 radical (unpaired) electrons. The van der Waals surface area contributed by atoms with Crippen LogP contribution in [0.1, 0.15) is 47.4 Å². The number of thiophene rings is 1. The van der Waals surface area contributed by atoms with Crippen LogP contribution < -0.4 is 5.32 Å². The fourth-order valence-corrected chi connectivity index (χ4v) is 4.18. The third-order valence-electron chi connectivity index (χ3n) is 4.80. The molecule has 1 N–H and O–H groups in total. The molecule has 1 aromatic carbocycles. The maximum Gasteiger partial charge on any atom is 0.270 e. The molecule has 0 aliphatic heterocycles. The zero-order valence-corrected chi connectivity index (χ0v) is 15.1. The summed E-state index contributed by atoms with van der Waals surface area (Å²) in [5.74, 6) is -0.0440. The van der Waals surface area contributed by atoms with E-state index in [0.29, 0.717) is 12.2 Å². The Balaban J connectivity index is 1.60. The first-order valence-corrected chi connectivity index (χ1v) is 9.69. The van der Waals surface area contributed by atoms with Gasteiger partial charge in [0.05, 0.1) is 11.7 Å². The molecular formula is C20H21N3OS. The van der Waals surface area contributed by atoms with Gasteiger partial charge < -0.3 is 5.32 Å². The number of carbonyl (C=O) groups excluding carboxylic acids is 1. The van der Waals surface area contributed by atoms with Crippen LogP contribution in [0.15, 0.2) is 47.2 Å². The minimum atomic E-state index is -0.0440. The average molecular weight is 351 g/mol. The minimum Gasteiger partial charge on any atom is -0.344 e. The van der Waals surface area contributed by atoms with Crippen molar-refractivity contribution in [2.75, 3.05) is 0 Å². The maximum absolute atomic E-state index is 12.9. The Bertz CT molecular complexity index is 882. The SMILES string of the molecule is CCn1nc(-c2ccsc2)cc1C(=O)NC1CCCc2ccccc21. The summed E-state index contributed by atoms with van der Waals surface area (Å²) < 4.78 is 1.79. The number of aryl methyl sites for hydroxylation is 2. The third kappa shape index (κ3) is 3.12. The molecule has 128 valence electrons. The lowest BCUT2D eigenvalue weighted by Gasteiger charge is -2.26. The Morgan fingerprint density at radius 1 is 1.36 bits per heavy atom. The van der Waals surface area contributed by atoms with E-state index in [0.717, 1.165) is 30.5 Å². The van der Waals surface area contributed by atoms with Crippen LogP contribution in [0.4, 0.5) is 0 Å². The molecule has 1 unspecified atom stereocenters. The van der Waals surface area contributed by atoms with Crippen molar-refractivity contribution < 1.29 is 4.79 Å². The van der Waals surface area contributed by atoms with Crippen molar-refractivity contribution >= 4 is 17.2 Å². The molecule has 25 heavy (non-hydrogen) atoms. The number of amides is 1. The predicted octanol–water partition coefficient (Wildman–Crippen LogP) is 4.44. The second-order valence-electron chi connectivity index (χ2n) is 6.36. The minimum absolute atomic E-state index is 0.0440. The summed E-state index contributed by atoms with van der Waals surface area (Å²) in [6.45, 7) is 2.69. The molecule has 0 saturated carbocycles. The van der Waals surface area contributed by atoms with E-state index in [1.165, 1.54) is 11.1 Å². The monoisotopic (exact) mass is 351 g/mol. The van der Waals surface area contributed by atoms with Gasteiger partial charge in [0.1, 0.15) is 5.69 Å². The van der Waals surface area contributed by atoms with E-state index in [4.69, 9.17) is 0 Å². The van der Waals surface area contributed by atoms with Gasteiger partial charge in [-0.2, -0.15) is 16.4 Å². The lowest BCUT2D eigenvalue weighted by molar-refractivity contribution is 0.0922. The van der Waals surface area contributed by atoms with Crippen molar-refractivity contribution in [1.29, 1.82) is 0 Å². The lowest BCUT2D eigenvalue weighted by atomic mass is 9.87. The standard InChI is InChI=1S/C20H21N3OS/c1-2-23-19(12-18(22-23)15-10-11-25-13-15)20(24)21-17-9-5-7-14-6-3-4-8-16(14)17/h3-4,6,8,10-13,17H,2,5,7,9H2,1H3,(H,21,24). The van der Waals surface area contributed by atoms with Crippen LogP contribution >= 0.6 is 11.3 Å². The fourth-order valence-electron chi connectivity index (χ4n) is 3.53. The molecule has 1 aliphatic rings. The molecule has 0 spiro atoms. The highest BCUT2D eigenvalue weighted by atomic mass is 32.1. The van der Waals surface area contributed by atoms with E-state index in [1.54, 1.807) is 16.0 Å². The van der Waals surface area contributed by atoms with E-state index < -0.39 is 0 Å². The molecule has 1 aliphatic carbocycles. The fraction of sp³-hybridized carbons (Fsp3) is 0.300. The van der Waals surface area contributed by atoms with Gasteiger partial charge in [-0.25, -0.2) is 0 Å². The van der Waals surface area contributed by atoms with Crippen LogP contribution in [0.5, 0.6) is 0 Å². The normalized spacial score (nSPS) is 16.4. The Morgan fingerprint density at radius 2 is 2.24 bits per heavy atom. The summed E-state index contributed by atoms with van der Waals surface area (Å²) in [4.78, 5) is 12.9. The molecule has 4 nitrogen and oxygen atoms in total. The Kier molecular flexibility index (Phi) is 4.40. The maximum atomic E-state index is 12.9. The molecule has 2 aromatic heterocycles. The highest BCUT2D eigenvalue weighted by Gasteiger charge is 2.24. The topological polar surface area (TPSA) is 46.9 Å². The van der Waals surface area contributed by atoms with Crippen molar-refractivity contribution in [1.82, 2.24) is 15.1 Å². The summed E-state index contributed by atoms with van der Waals surface area (Å²) in [5, 5.41) is 11.9. The van der Waals surface area contributed by atoms with Gasteiger partial charge in [0, 0.05) is 17.5 Å². The number of hydrogen-bond acceptors (Lipinski definition) is 3. The van der Waals surface area contributed by atoms with E-state index in [2.05, 4.69) is 34.0 Å². The molecule has 1 atom stereocenters. The smallest absolute Gasteiger partial charge is 0.270 e. The second kappa shape index (κ2) is 6.84. The van der Waals surface area contributed by atoms with Gasteiger partial charge in [-0.15, -0.1) is 0 Å². The van der Waals surface area contributed by atoms with E-state index >= 15 is 0 Å². The van der Waals surface area contributed by atoms with Crippen LogP contribution in [0.25, 0.3) is 11.3 Å². The van der Waals surface area contributed by atoms with E-state index in [9.17, 15) is 4.79 Å². The van der Waals surface area contributed by atoms with Crippen LogP contribution in [-0.4, -0.2) is 15.7 Å². The first kappa shape index (κ1) is 16.1.